The number of rotatable bonds is 8. The van der Waals surface area contributed by atoms with Gasteiger partial charge in [0.25, 0.3) is 0 Å². The van der Waals surface area contributed by atoms with Crippen LogP contribution in [0.2, 0.25) is 0 Å². The van der Waals surface area contributed by atoms with E-state index >= 15 is 0 Å². The Morgan fingerprint density at radius 2 is 1.62 bits per heavy atom. The molecule has 0 aliphatic carbocycles. The van der Waals surface area contributed by atoms with E-state index in [1.807, 2.05) is 0 Å². The summed E-state index contributed by atoms with van der Waals surface area (Å²) in [6.45, 7) is 0.297. The normalized spacial score (nSPS) is 16.6. The summed E-state index contributed by atoms with van der Waals surface area (Å²) in [4.78, 5) is 11.4. The van der Waals surface area contributed by atoms with Gasteiger partial charge in [-0.1, -0.05) is 0 Å². The summed E-state index contributed by atoms with van der Waals surface area (Å²) in [5.74, 6) is -0.507. The van der Waals surface area contributed by atoms with Crippen LogP contribution in [0, 0.1) is 0 Å². The molecule has 6 heteroatoms. The molecule has 0 aromatic heterocycles. The van der Waals surface area contributed by atoms with E-state index in [1.165, 1.54) is 28.4 Å². The Hall–Kier alpha value is -0.690. The molecule has 0 N–H and O–H groups in total. The number of methoxy groups -OCH3 is 5. The second kappa shape index (κ2) is 8.46. The molecule has 0 fully saturated rings. The fourth-order valence-corrected chi connectivity index (χ4v) is 1.41. The van der Waals surface area contributed by atoms with Crippen LogP contribution in [0.4, 0.5) is 0 Å². The zero-order valence-electron chi connectivity index (χ0n) is 10.4. The molecule has 0 radical (unpaired) electrons. The average molecular weight is 236 g/mol. The zero-order chi connectivity index (χ0) is 12.6. The highest BCUT2D eigenvalue weighted by Crippen LogP contribution is 2.12. The fraction of sp³-hybridized carbons (Fsp3) is 0.900. The minimum atomic E-state index is -0.838. The van der Waals surface area contributed by atoms with Gasteiger partial charge in [-0.3, -0.25) is 0 Å². The van der Waals surface area contributed by atoms with E-state index < -0.39 is 24.3 Å². The van der Waals surface area contributed by atoms with E-state index in [0.29, 0.717) is 6.61 Å². The molecule has 0 aliphatic heterocycles. The Morgan fingerprint density at radius 1 is 1.00 bits per heavy atom. The van der Waals surface area contributed by atoms with E-state index in [0.717, 1.165) is 0 Å². The molecule has 0 spiro atoms. The van der Waals surface area contributed by atoms with Crippen molar-refractivity contribution in [3.63, 3.8) is 0 Å². The molecular weight excluding hydrogens is 216 g/mol. The molecule has 0 aromatic rings. The summed E-state index contributed by atoms with van der Waals surface area (Å²) in [7, 11) is 7.23. The first-order chi connectivity index (χ1) is 7.65. The number of hydrogen-bond donors (Lipinski definition) is 0. The van der Waals surface area contributed by atoms with Gasteiger partial charge in [0.2, 0.25) is 0 Å². The van der Waals surface area contributed by atoms with Crippen LogP contribution in [0.3, 0.4) is 0 Å². The number of carbonyl (C=O) groups excluding carboxylic acids is 1. The van der Waals surface area contributed by atoms with Gasteiger partial charge in [0, 0.05) is 28.4 Å². The second-order valence-corrected chi connectivity index (χ2v) is 3.11. The summed E-state index contributed by atoms with van der Waals surface area (Å²) in [5.41, 5.74) is 0. The van der Waals surface area contributed by atoms with E-state index in [9.17, 15) is 4.79 Å². The first kappa shape index (κ1) is 15.3. The van der Waals surface area contributed by atoms with Gasteiger partial charge in [-0.15, -0.1) is 0 Å². The molecule has 0 rings (SSSR count). The molecule has 0 saturated heterocycles. The van der Waals surface area contributed by atoms with Crippen molar-refractivity contribution in [3.8, 4) is 0 Å². The summed E-state index contributed by atoms with van der Waals surface area (Å²) >= 11 is 0. The van der Waals surface area contributed by atoms with Crippen LogP contribution < -0.4 is 0 Å². The average Bonchev–Trinajstić information content (AvgIpc) is 2.32. The topological polar surface area (TPSA) is 63.2 Å². The van der Waals surface area contributed by atoms with E-state index in [-0.39, 0.29) is 0 Å². The van der Waals surface area contributed by atoms with Gasteiger partial charge < -0.3 is 23.7 Å². The highest BCUT2D eigenvalue weighted by Gasteiger charge is 2.35. The lowest BCUT2D eigenvalue weighted by Gasteiger charge is -2.28. The minimum absolute atomic E-state index is 0.297. The Kier molecular flexibility index (Phi) is 8.10. The van der Waals surface area contributed by atoms with Crippen molar-refractivity contribution >= 4 is 5.97 Å². The third-order valence-corrected chi connectivity index (χ3v) is 2.26. The Morgan fingerprint density at radius 3 is 1.94 bits per heavy atom. The highest BCUT2D eigenvalue weighted by molar-refractivity contribution is 5.75. The third-order valence-electron chi connectivity index (χ3n) is 2.26. The maximum atomic E-state index is 11.4. The van der Waals surface area contributed by atoms with Crippen molar-refractivity contribution in [3.05, 3.63) is 0 Å². The van der Waals surface area contributed by atoms with Crippen LogP contribution in [0.5, 0.6) is 0 Å². The van der Waals surface area contributed by atoms with E-state index in [2.05, 4.69) is 4.74 Å². The lowest BCUT2D eigenvalue weighted by Crippen LogP contribution is -2.47. The Balaban J connectivity index is 4.69. The summed E-state index contributed by atoms with van der Waals surface area (Å²) in [6, 6.07) is 0. The minimum Gasteiger partial charge on any atom is -0.467 e. The standard InChI is InChI=1S/C10H20O6/c1-12-6-7(13-2)8(14-3)9(15-4)10(11)16-5/h7-9H,6H2,1-5H3/t7-,8-,9-/m0/s1. The molecule has 0 saturated carbocycles. The summed E-state index contributed by atoms with van der Waals surface area (Å²) in [6.07, 6.45) is -1.82. The molecule has 0 bridgehead atoms. The van der Waals surface area contributed by atoms with Gasteiger partial charge in [-0.2, -0.15) is 0 Å². The van der Waals surface area contributed by atoms with Gasteiger partial charge in [0.15, 0.2) is 6.10 Å². The van der Waals surface area contributed by atoms with E-state index in [1.54, 1.807) is 7.11 Å². The molecule has 0 aromatic carbocycles. The largest absolute Gasteiger partial charge is 0.467 e. The molecule has 3 atom stereocenters. The molecule has 0 amide bonds. The second-order valence-electron chi connectivity index (χ2n) is 3.11. The SMILES string of the molecule is COC[C@H](OC)[C@H](OC)[C@H](OC)C(=O)OC. The first-order valence-electron chi connectivity index (χ1n) is 4.81. The Bertz CT molecular complexity index is 196. The molecular formula is C10H20O6. The lowest BCUT2D eigenvalue weighted by atomic mass is 10.1. The predicted octanol–water partition coefficient (Wildman–Crippen LogP) is -0.149. The van der Waals surface area contributed by atoms with Crippen LogP contribution in [0.25, 0.3) is 0 Å². The highest BCUT2D eigenvalue weighted by atomic mass is 16.6. The quantitative estimate of drug-likeness (QED) is 0.546. The van der Waals surface area contributed by atoms with Gasteiger partial charge in [0.1, 0.15) is 12.2 Å². The smallest absolute Gasteiger partial charge is 0.337 e. The Labute approximate surface area is 95.8 Å². The molecule has 0 aliphatic rings. The van der Waals surface area contributed by atoms with Gasteiger partial charge in [0.05, 0.1) is 13.7 Å². The monoisotopic (exact) mass is 236 g/mol. The molecule has 6 nitrogen and oxygen atoms in total. The maximum absolute atomic E-state index is 11.4. The predicted molar refractivity (Wildman–Crippen MR) is 56.3 cm³/mol. The first-order valence-corrected chi connectivity index (χ1v) is 4.81. The molecule has 16 heavy (non-hydrogen) atoms. The summed E-state index contributed by atoms with van der Waals surface area (Å²) in [5, 5.41) is 0. The van der Waals surface area contributed by atoms with Crippen LogP contribution in [-0.2, 0) is 28.5 Å². The van der Waals surface area contributed by atoms with Crippen molar-refractivity contribution in [2.24, 2.45) is 0 Å². The number of hydrogen-bond acceptors (Lipinski definition) is 6. The van der Waals surface area contributed by atoms with Gasteiger partial charge in [-0.05, 0) is 0 Å². The third kappa shape index (κ3) is 4.05. The lowest BCUT2D eigenvalue weighted by molar-refractivity contribution is -0.172. The number of esters is 1. The van der Waals surface area contributed by atoms with Crippen LogP contribution in [0.15, 0.2) is 0 Å². The van der Waals surface area contributed by atoms with Crippen LogP contribution in [0.1, 0.15) is 0 Å². The molecule has 0 unspecified atom stereocenters. The summed E-state index contributed by atoms with van der Waals surface area (Å²) < 4.78 is 25.0. The van der Waals surface area contributed by atoms with Crippen LogP contribution >= 0.6 is 0 Å². The van der Waals surface area contributed by atoms with Crippen molar-refractivity contribution in [1.29, 1.82) is 0 Å². The van der Waals surface area contributed by atoms with Crippen molar-refractivity contribution in [2.75, 3.05) is 42.2 Å². The molecule has 0 heterocycles. The van der Waals surface area contributed by atoms with Crippen molar-refractivity contribution < 1.29 is 28.5 Å². The number of carbonyl (C=O) groups is 1. The van der Waals surface area contributed by atoms with Crippen molar-refractivity contribution in [2.45, 2.75) is 18.3 Å². The number of ether oxygens (including phenoxy) is 5. The van der Waals surface area contributed by atoms with E-state index in [4.69, 9.17) is 18.9 Å². The van der Waals surface area contributed by atoms with Crippen LogP contribution in [-0.4, -0.2) is 66.4 Å². The maximum Gasteiger partial charge on any atom is 0.337 e. The molecule has 96 valence electrons. The van der Waals surface area contributed by atoms with Gasteiger partial charge >= 0.3 is 5.97 Å². The van der Waals surface area contributed by atoms with Gasteiger partial charge in [-0.25, -0.2) is 4.79 Å². The fourth-order valence-electron chi connectivity index (χ4n) is 1.41. The van der Waals surface area contributed by atoms with Crippen molar-refractivity contribution in [1.82, 2.24) is 0 Å². The zero-order valence-corrected chi connectivity index (χ0v) is 10.4.